The smallest absolute Gasteiger partial charge is 0.126 e. The van der Waals surface area contributed by atoms with Gasteiger partial charge in [-0.1, -0.05) is 19.6 Å². The van der Waals surface area contributed by atoms with Crippen LogP contribution in [-0.2, 0) is 6.42 Å². The number of aromatic hydroxyl groups is 1. The molecule has 0 atom stereocenters. The van der Waals surface area contributed by atoms with Crippen LogP contribution >= 0.6 is 0 Å². The third kappa shape index (κ3) is 1.59. The molecule has 0 spiro atoms. The van der Waals surface area contributed by atoms with E-state index in [0.29, 0.717) is 5.56 Å². The molecule has 12 heavy (non-hydrogen) atoms. The van der Waals surface area contributed by atoms with Gasteiger partial charge in [-0.15, -0.1) is 0 Å². The number of phenols is 1. The predicted molar refractivity (Wildman–Crippen MR) is 49.1 cm³/mol. The number of benzene rings is 1. The lowest BCUT2D eigenvalue weighted by Crippen LogP contribution is -1.86. The fraction of sp³-hybridized carbons (Fsp3) is 0.200. The van der Waals surface area contributed by atoms with Crippen LogP contribution in [0.2, 0.25) is 0 Å². The van der Waals surface area contributed by atoms with E-state index in [2.05, 4.69) is 6.58 Å². The van der Waals surface area contributed by atoms with Crippen LogP contribution in [0, 0.1) is 0 Å². The van der Waals surface area contributed by atoms with Gasteiger partial charge in [0.15, 0.2) is 0 Å². The van der Waals surface area contributed by atoms with E-state index in [1.54, 1.807) is 12.1 Å². The van der Waals surface area contributed by atoms with E-state index < -0.39 is 0 Å². The molecule has 0 saturated heterocycles. The topological polar surface area (TPSA) is 40.5 Å². The van der Waals surface area contributed by atoms with Gasteiger partial charge in [0.1, 0.15) is 11.5 Å². The fourth-order valence-electron chi connectivity index (χ4n) is 1.03. The molecule has 0 heterocycles. The van der Waals surface area contributed by atoms with Crippen LogP contribution < -0.4 is 0 Å². The molecule has 0 unspecified atom stereocenters. The van der Waals surface area contributed by atoms with E-state index in [0.717, 1.165) is 12.0 Å². The number of rotatable bonds is 2. The van der Waals surface area contributed by atoms with Crippen molar-refractivity contribution in [1.82, 2.24) is 0 Å². The van der Waals surface area contributed by atoms with Gasteiger partial charge in [0.25, 0.3) is 0 Å². The molecule has 2 N–H and O–H groups in total. The Morgan fingerprint density at radius 1 is 1.50 bits per heavy atom. The maximum absolute atomic E-state index is 9.28. The lowest BCUT2D eigenvalue weighted by atomic mass is 10.1. The summed E-state index contributed by atoms with van der Waals surface area (Å²) in [5.41, 5.74) is 1.48. The molecule has 1 aromatic carbocycles. The molecule has 0 aliphatic rings. The first-order valence-corrected chi connectivity index (χ1v) is 3.85. The van der Waals surface area contributed by atoms with Crippen molar-refractivity contribution >= 4 is 5.76 Å². The Morgan fingerprint density at radius 3 is 2.67 bits per heavy atom. The molecule has 0 aliphatic carbocycles. The number of aliphatic hydroxyl groups excluding tert-OH is 1. The summed E-state index contributed by atoms with van der Waals surface area (Å²) in [6.45, 7) is 5.37. The Balaban J connectivity index is 3.17. The monoisotopic (exact) mass is 164 g/mol. The number of hydrogen-bond acceptors (Lipinski definition) is 2. The van der Waals surface area contributed by atoms with Crippen molar-refractivity contribution in [1.29, 1.82) is 0 Å². The van der Waals surface area contributed by atoms with Crippen LogP contribution in [0.5, 0.6) is 5.75 Å². The molecular weight excluding hydrogens is 152 g/mol. The van der Waals surface area contributed by atoms with Crippen LogP contribution in [0.4, 0.5) is 0 Å². The van der Waals surface area contributed by atoms with Crippen LogP contribution in [0.1, 0.15) is 18.1 Å². The zero-order valence-corrected chi connectivity index (χ0v) is 7.04. The summed E-state index contributed by atoms with van der Waals surface area (Å²) in [4.78, 5) is 0. The van der Waals surface area contributed by atoms with Crippen molar-refractivity contribution in [3.05, 3.63) is 35.9 Å². The van der Waals surface area contributed by atoms with Crippen LogP contribution in [0.3, 0.4) is 0 Å². The van der Waals surface area contributed by atoms with Gasteiger partial charge < -0.3 is 10.2 Å². The lowest BCUT2D eigenvalue weighted by Gasteiger charge is -2.04. The number of phenolic OH excluding ortho intramolecular Hbond substituents is 1. The maximum atomic E-state index is 9.28. The van der Waals surface area contributed by atoms with Gasteiger partial charge in [0.2, 0.25) is 0 Å². The van der Waals surface area contributed by atoms with Gasteiger partial charge in [-0.3, -0.25) is 0 Å². The van der Waals surface area contributed by atoms with E-state index in [9.17, 15) is 5.11 Å². The summed E-state index contributed by atoms with van der Waals surface area (Å²) in [7, 11) is 0. The Kier molecular flexibility index (Phi) is 2.38. The first kappa shape index (κ1) is 8.65. The van der Waals surface area contributed by atoms with Crippen molar-refractivity contribution in [2.45, 2.75) is 13.3 Å². The third-order valence-electron chi connectivity index (χ3n) is 1.78. The average Bonchev–Trinajstić information content (AvgIpc) is 2.05. The van der Waals surface area contributed by atoms with Crippen LogP contribution in [0.25, 0.3) is 5.76 Å². The highest BCUT2D eigenvalue weighted by Crippen LogP contribution is 2.23. The predicted octanol–water partition coefficient (Wildman–Crippen LogP) is 2.48. The Hall–Kier alpha value is -1.44. The second-order valence-corrected chi connectivity index (χ2v) is 2.65. The molecule has 1 rings (SSSR count). The molecule has 0 radical (unpaired) electrons. The van der Waals surface area contributed by atoms with E-state index in [4.69, 9.17) is 5.11 Å². The highest BCUT2D eigenvalue weighted by Gasteiger charge is 2.03. The van der Waals surface area contributed by atoms with Gasteiger partial charge in [-0.2, -0.15) is 0 Å². The van der Waals surface area contributed by atoms with E-state index in [-0.39, 0.29) is 11.5 Å². The summed E-state index contributed by atoms with van der Waals surface area (Å²) >= 11 is 0. The molecule has 0 fully saturated rings. The molecule has 0 aromatic heterocycles. The molecular formula is C10H12O2. The summed E-state index contributed by atoms with van der Waals surface area (Å²) in [5.74, 6) is -0.0255. The maximum Gasteiger partial charge on any atom is 0.126 e. The minimum atomic E-state index is -0.0946. The second kappa shape index (κ2) is 3.30. The Labute approximate surface area is 71.8 Å². The van der Waals surface area contributed by atoms with Crippen molar-refractivity contribution in [2.75, 3.05) is 0 Å². The molecule has 2 nitrogen and oxygen atoms in total. The molecule has 1 aromatic rings. The largest absolute Gasteiger partial charge is 0.508 e. The second-order valence-electron chi connectivity index (χ2n) is 2.65. The van der Waals surface area contributed by atoms with Crippen molar-refractivity contribution < 1.29 is 10.2 Å². The van der Waals surface area contributed by atoms with Crippen molar-refractivity contribution in [3.8, 4) is 5.75 Å². The van der Waals surface area contributed by atoms with Crippen LogP contribution in [0.15, 0.2) is 24.8 Å². The minimum Gasteiger partial charge on any atom is -0.508 e. The quantitative estimate of drug-likeness (QED) is 0.659. The van der Waals surface area contributed by atoms with E-state index >= 15 is 0 Å². The van der Waals surface area contributed by atoms with Gasteiger partial charge in [0, 0.05) is 0 Å². The lowest BCUT2D eigenvalue weighted by molar-refractivity contribution is 0.460. The number of hydrogen-bond donors (Lipinski definition) is 2. The van der Waals surface area contributed by atoms with Gasteiger partial charge in [-0.05, 0) is 24.1 Å². The highest BCUT2D eigenvalue weighted by atomic mass is 16.3. The fourth-order valence-corrected chi connectivity index (χ4v) is 1.03. The highest BCUT2D eigenvalue weighted by molar-refractivity contribution is 5.63. The zero-order valence-electron chi connectivity index (χ0n) is 7.04. The van der Waals surface area contributed by atoms with E-state index in [1.165, 1.54) is 0 Å². The standard InChI is InChI=1S/C10H12O2/c1-3-8-4-5-10(12)9(6-8)7(2)11/h4-6,11-12H,2-3H2,1H3. The molecule has 0 bridgehead atoms. The first-order valence-electron chi connectivity index (χ1n) is 3.85. The van der Waals surface area contributed by atoms with Gasteiger partial charge in [0.05, 0.1) is 5.56 Å². The van der Waals surface area contributed by atoms with Crippen molar-refractivity contribution in [2.24, 2.45) is 0 Å². The molecule has 2 heteroatoms. The number of aryl methyl sites for hydroxylation is 1. The molecule has 64 valence electrons. The molecule has 0 amide bonds. The van der Waals surface area contributed by atoms with Gasteiger partial charge >= 0.3 is 0 Å². The van der Waals surface area contributed by atoms with E-state index in [1.807, 2.05) is 13.0 Å². The Bertz CT molecular complexity index is 303. The summed E-state index contributed by atoms with van der Waals surface area (Å²) < 4.78 is 0. The normalized spacial score (nSPS) is 9.75. The minimum absolute atomic E-state index is 0.0692. The summed E-state index contributed by atoms with van der Waals surface area (Å²) in [6.07, 6.45) is 0.876. The Morgan fingerprint density at radius 2 is 2.17 bits per heavy atom. The summed E-state index contributed by atoms with van der Waals surface area (Å²) in [5, 5.41) is 18.4. The van der Waals surface area contributed by atoms with Crippen molar-refractivity contribution in [3.63, 3.8) is 0 Å². The van der Waals surface area contributed by atoms with Crippen LogP contribution in [-0.4, -0.2) is 10.2 Å². The molecule has 0 saturated carbocycles. The van der Waals surface area contributed by atoms with Gasteiger partial charge in [-0.25, -0.2) is 0 Å². The third-order valence-corrected chi connectivity index (χ3v) is 1.78. The summed E-state index contributed by atoms with van der Waals surface area (Å²) in [6, 6.07) is 5.12. The number of aliphatic hydroxyl groups is 1. The first-order chi connectivity index (χ1) is 5.65. The zero-order chi connectivity index (χ0) is 9.14. The molecule has 0 aliphatic heterocycles. The average molecular weight is 164 g/mol. The SMILES string of the molecule is C=C(O)c1cc(CC)ccc1O.